The number of carbonyl (C=O) groups is 1. The molecule has 0 radical (unpaired) electrons. The average Bonchev–Trinajstić information content (AvgIpc) is 2.66. The molecule has 1 N–H and O–H groups in total. The van der Waals surface area contributed by atoms with E-state index >= 15 is 0 Å². The lowest BCUT2D eigenvalue weighted by Gasteiger charge is -2.31. The van der Waals surface area contributed by atoms with E-state index in [9.17, 15) is 22.0 Å². The van der Waals surface area contributed by atoms with Gasteiger partial charge in [0.2, 0.25) is 15.9 Å². The zero-order valence-electron chi connectivity index (χ0n) is 14.9. The molecule has 0 unspecified atom stereocenters. The molecule has 1 amide bonds. The van der Waals surface area contributed by atoms with Gasteiger partial charge in [-0.2, -0.15) is 0 Å². The smallest absolute Gasteiger partial charge is 0.228 e. The van der Waals surface area contributed by atoms with Gasteiger partial charge < -0.3 is 5.32 Å². The summed E-state index contributed by atoms with van der Waals surface area (Å²) in [6.45, 7) is 0.385. The molecule has 1 aliphatic heterocycles. The van der Waals surface area contributed by atoms with E-state index in [4.69, 9.17) is 11.6 Å². The number of hydrogen-bond acceptors (Lipinski definition) is 3. The summed E-state index contributed by atoms with van der Waals surface area (Å²) >= 11 is 5.82. The Morgan fingerprint density at radius 1 is 1.14 bits per heavy atom. The van der Waals surface area contributed by atoms with Crippen LogP contribution >= 0.6 is 11.6 Å². The van der Waals surface area contributed by atoms with Crippen molar-refractivity contribution in [3.05, 3.63) is 64.7 Å². The normalized spacial score (nSPS) is 18.0. The van der Waals surface area contributed by atoms with Crippen molar-refractivity contribution in [3.8, 4) is 0 Å². The summed E-state index contributed by atoms with van der Waals surface area (Å²) in [5.41, 5.74) is 0.739. The fourth-order valence-corrected chi connectivity index (χ4v) is 4.85. The number of rotatable bonds is 5. The predicted molar refractivity (Wildman–Crippen MR) is 103 cm³/mol. The number of carbonyl (C=O) groups excluding carboxylic acids is 1. The lowest BCUT2D eigenvalue weighted by Crippen LogP contribution is -2.44. The summed E-state index contributed by atoms with van der Waals surface area (Å²) in [7, 11) is -3.60. The molecule has 1 atom stereocenters. The van der Waals surface area contributed by atoms with Crippen LogP contribution in [0.4, 0.5) is 14.5 Å². The van der Waals surface area contributed by atoms with Crippen molar-refractivity contribution in [1.29, 1.82) is 0 Å². The molecule has 3 rings (SSSR count). The molecule has 0 aromatic heterocycles. The molecule has 1 fully saturated rings. The highest BCUT2D eigenvalue weighted by atomic mass is 35.5. The Morgan fingerprint density at radius 3 is 2.54 bits per heavy atom. The van der Waals surface area contributed by atoms with Crippen LogP contribution < -0.4 is 5.32 Å². The second-order valence-corrected chi connectivity index (χ2v) is 9.10. The lowest BCUT2D eigenvalue weighted by atomic mass is 9.98. The molecule has 0 spiro atoms. The van der Waals surface area contributed by atoms with Crippen LogP contribution in [-0.2, 0) is 20.6 Å². The van der Waals surface area contributed by atoms with Gasteiger partial charge in [0.05, 0.1) is 11.7 Å². The van der Waals surface area contributed by atoms with Gasteiger partial charge in [0.15, 0.2) is 11.6 Å². The molecule has 1 aliphatic rings. The summed E-state index contributed by atoms with van der Waals surface area (Å²) in [6.07, 6.45) is 1.05. The van der Waals surface area contributed by atoms with E-state index < -0.39 is 33.5 Å². The van der Waals surface area contributed by atoms with Crippen molar-refractivity contribution in [2.45, 2.75) is 18.6 Å². The first-order valence-electron chi connectivity index (χ1n) is 8.73. The molecule has 2 aromatic rings. The second-order valence-electron chi connectivity index (χ2n) is 6.70. The third-order valence-corrected chi connectivity index (χ3v) is 6.67. The molecular formula is C19H19ClF2N2O3S. The first kappa shape index (κ1) is 20.7. The van der Waals surface area contributed by atoms with Crippen LogP contribution in [0.15, 0.2) is 42.5 Å². The molecule has 0 aliphatic carbocycles. The van der Waals surface area contributed by atoms with Crippen LogP contribution in [0.2, 0.25) is 5.02 Å². The molecule has 0 saturated carbocycles. The van der Waals surface area contributed by atoms with Crippen LogP contribution in [0.25, 0.3) is 0 Å². The number of hydrogen-bond donors (Lipinski definition) is 1. The van der Waals surface area contributed by atoms with Crippen LogP contribution in [0.3, 0.4) is 0 Å². The number of benzene rings is 2. The molecule has 5 nitrogen and oxygen atoms in total. The van der Waals surface area contributed by atoms with E-state index in [0.717, 1.165) is 12.1 Å². The summed E-state index contributed by atoms with van der Waals surface area (Å²) < 4.78 is 53.0. The largest absolute Gasteiger partial charge is 0.326 e. The lowest BCUT2D eigenvalue weighted by molar-refractivity contribution is -0.120. The molecule has 1 saturated heterocycles. The number of nitrogens with one attached hydrogen (secondary N) is 1. The monoisotopic (exact) mass is 428 g/mol. The topological polar surface area (TPSA) is 66.5 Å². The van der Waals surface area contributed by atoms with E-state index in [2.05, 4.69) is 5.32 Å². The van der Waals surface area contributed by atoms with Crippen molar-refractivity contribution in [1.82, 2.24) is 4.31 Å². The van der Waals surface area contributed by atoms with Gasteiger partial charge in [0.1, 0.15) is 0 Å². The fourth-order valence-electron chi connectivity index (χ4n) is 3.11. The minimum absolute atomic E-state index is 0.0471. The molecule has 9 heteroatoms. The van der Waals surface area contributed by atoms with E-state index in [1.165, 1.54) is 10.4 Å². The van der Waals surface area contributed by atoms with E-state index in [1.807, 2.05) is 0 Å². The molecule has 28 heavy (non-hydrogen) atoms. The van der Waals surface area contributed by atoms with E-state index in [0.29, 0.717) is 30.0 Å². The molecule has 2 aromatic carbocycles. The summed E-state index contributed by atoms with van der Waals surface area (Å²) in [6, 6.07) is 9.63. The Labute approximate surface area is 167 Å². The minimum atomic E-state index is -3.60. The standard InChI is InChI=1S/C19H19ClF2N2O3S/c20-15-5-3-13(4-6-15)12-28(26,27)24-9-1-2-14(11-24)19(25)23-16-7-8-17(21)18(22)10-16/h3-8,10,14H,1-2,9,11-12H2,(H,23,25)/t14-/m1/s1. The fraction of sp³-hybridized carbons (Fsp3) is 0.316. The second kappa shape index (κ2) is 8.55. The highest BCUT2D eigenvalue weighted by Crippen LogP contribution is 2.24. The van der Waals surface area contributed by atoms with Crippen molar-refractivity contribution in [2.75, 3.05) is 18.4 Å². The maximum absolute atomic E-state index is 13.3. The van der Waals surface area contributed by atoms with Crippen molar-refractivity contribution < 1.29 is 22.0 Å². The maximum atomic E-state index is 13.3. The zero-order valence-corrected chi connectivity index (χ0v) is 16.4. The van der Waals surface area contributed by atoms with Gasteiger partial charge in [-0.3, -0.25) is 4.79 Å². The van der Waals surface area contributed by atoms with Gasteiger partial charge >= 0.3 is 0 Å². The number of halogens is 3. The van der Waals surface area contributed by atoms with Crippen molar-refractivity contribution in [2.24, 2.45) is 5.92 Å². The quantitative estimate of drug-likeness (QED) is 0.787. The van der Waals surface area contributed by atoms with Gasteiger partial charge in [-0.05, 0) is 42.7 Å². The number of sulfonamides is 1. The summed E-state index contributed by atoms with van der Waals surface area (Å²) in [4.78, 5) is 12.5. The Balaban J connectivity index is 1.66. The number of anilines is 1. The Kier molecular flexibility index (Phi) is 6.32. The summed E-state index contributed by atoms with van der Waals surface area (Å²) in [5, 5.41) is 3.05. The Morgan fingerprint density at radius 2 is 1.86 bits per heavy atom. The van der Waals surface area contributed by atoms with Crippen LogP contribution in [0.1, 0.15) is 18.4 Å². The van der Waals surface area contributed by atoms with Gasteiger partial charge in [-0.15, -0.1) is 0 Å². The molecule has 0 bridgehead atoms. The van der Waals surface area contributed by atoms with E-state index in [1.54, 1.807) is 24.3 Å². The molecular weight excluding hydrogens is 410 g/mol. The van der Waals surface area contributed by atoms with Gasteiger partial charge in [-0.1, -0.05) is 23.7 Å². The zero-order chi connectivity index (χ0) is 20.3. The van der Waals surface area contributed by atoms with Crippen LogP contribution in [0, 0.1) is 17.6 Å². The molecule has 150 valence electrons. The Hall–Kier alpha value is -2.03. The first-order valence-corrected chi connectivity index (χ1v) is 10.7. The highest BCUT2D eigenvalue weighted by molar-refractivity contribution is 7.88. The highest BCUT2D eigenvalue weighted by Gasteiger charge is 2.32. The van der Waals surface area contributed by atoms with Crippen molar-refractivity contribution >= 4 is 33.2 Å². The summed E-state index contributed by atoms with van der Waals surface area (Å²) in [5.74, 6) is -3.23. The SMILES string of the molecule is O=C(Nc1ccc(F)c(F)c1)[C@@H]1CCCN(S(=O)(=O)Cc2ccc(Cl)cc2)C1. The first-order chi connectivity index (χ1) is 13.2. The van der Waals surface area contributed by atoms with Crippen molar-refractivity contribution in [3.63, 3.8) is 0 Å². The number of nitrogens with zero attached hydrogens (tertiary/aromatic N) is 1. The molecule has 1 heterocycles. The van der Waals surface area contributed by atoms with Crippen LogP contribution in [0.5, 0.6) is 0 Å². The van der Waals surface area contributed by atoms with Gasteiger partial charge in [0, 0.05) is 29.9 Å². The Bertz CT molecular complexity index is 968. The van der Waals surface area contributed by atoms with Gasteiger partial charge in [-0.25, -0.2) is 21.5 Å². The number of amides is 1. The van der Waals surface area contributed by atoms with Crippen LogP contribution in [-0.4, -0.2) is 31.7 Å². The third-order valence-electron chi connectivity index (χ3n) is 4.60. The predicted octanol–water partition coefficient (Wildman–Crippen LogP) is 3.80. The van der Waals surface area contributed by atoms with E-state index in [-0.39, 0.29) is 18.0 Å². The third kappa shape index (κ3) is 5.06. The van der Waals surface area contributed by atoms with Gasteiger partial charge in [0.25, 0.3) is 0 Å². The maximum Gasteiger partial charge on any atom is 0.228 e. The average molecular weight is 429 g/mol. The number of piperidine rings is 1. The minimum Gasteiger partial charge on any atom is -0.326 e.